The van der Waals surface area contributed by atoms with Gasteiger partial charge >= 0.3 is 0 Å². The molecule has 0 aliphatic carbocycles. The highest BCUT2D eigenvalue weighted by atomic mass is 32.1. The number of hydrogen-bond donors (Lipinski definition) is 1. The van der Waals surface area contributed by atoms with Crippen molar-refractivity contribution in [2.24, 2.45) is 0 Å². The van der Waals surface area contributed by atoms with Crippen LogP contribution in [0.5, 0.6) is 0 Å². The molecule has 1 N–H and O–H groups in total. The molecule has 0 aliphatic heterocycles. The van der Waals surface area contributed by atoms with Crippen molar-refractivity contribution in [1.29, 1.82) is 0 Å². The number of nitrogens with one attached hydrogen (secondary N) is 1. The summed E-state index contributed by atoms with van der Waals surface area (Å²) in [7, 11) is 0. The average molecular weight is 477 g/mol. The summed E-state index contributed by atoms with van der Waals surface area (Å²) in [6.45, 7) is 6.22. The minimum Gasteiger partial charge on any atom is -0.349 e. The molecule has 4 rings (SSSR count). The van der Waals surface area contributed by atoms with E-state index in [4.69, 9.17) is 0 Å². The predicted molar refractivity (Wildman–Crippen MR) is 132 cm³/mol. The van der Waals surface area contributed by atoms with Gasteiger partial charge in [0.15, 0.2) is 0 Å². The Labute approximate surface area is 202 Å². The monoisotopic (exact) mass is 476 g/mol. The number of carbonyl (C=O) groups excluding carboxylic acids is 2. The molecule has 3 heterocycles. The summed E-state index contributed by atoms with van der Waals surface area (Å²) >= 11 is 1.55. The van der Waals surface area contributed by atoms with Gasteiger partial charge in [0.05, 0.1) is 12.1 Å². The van der Waals surface area contributed by atoms with Gasteiger partial charge in [0.25, 0.3) is 0 Å². The minimum atomic E-state index is -0.844. The normalized spacial score (nSPS) is 12.4. The second-order valence-corrected chi connectivity index (χ2v) is 9.78. The number of fused-ring (bicyclic) bond motifs is 1. The van der Waals surface area contributed by atoms with E-state index in [9.17, 15) is 9.59 Å². The fourth-order valence-electron chi connectivity index (χ4n) is 3.65. The molecule has 2 amide bonds. The maximum absolute atomic E-state index is 13.8. The number of para-hydroxylation sites is 1. The fourth-order valence-corrected chi connectivity index (χ4v) is 4.35. The lowest BCUT2D eigenvalue weighted by molar-refractivity contribution is -0.142. The first-order valence-electron chi connectivity index (χ1n) is 11.2. The zero-order chi connectivity index (χ0) is 24.1. The van der Waals surface area contributed by atoms with E-state index in [0.717, 1.165) is 16.8 Å². The smallest absolute Gasteiger partial charge is 0.247 e. The highest BCUT2D eigenvalue weighted by Crippen LogP contribution is 2.26. The van der Waals surface area contributed by atoms with E-state index in [0.29, 0.717) is 17.6 Å². The average Bonchev–Trinajstić information content (AvgIpc) is 3.49. The third-order valence-electron chi connectivity index (χ3n) is 5.84. The van der Waals surface area contributed by atoms with Gasteiger partial charge in [0, 0.05) is 28.4 Å². The largest absolute Gasteiger partial charge is 0.349 e. The van der Waals surface area contributed by atoms with Crippen molar-refractivity contribution >= 4 is 34.2 Å². The molecule has 3 aromatic heterocycles. The lowest BCUT2D eigenvalue weighted by Gasteiger charge is -2.34. The maximum Gasteiger partial charge on any atom is 0.247 e. The second-order valence-electron chi connectivity index (χ2n) is 8.75. The van der Waals surface area contributed by atoms with E-state index < -0.39 is 11.6 Å². The summed E-state index contributed by atoms with van der Waals surface area (Å²) in [6, 6.07) is 14.2. The zero-order valence-corrected chi connectivity index (χ0v) is 20.3. The van der Waals surface area contributed by atoms with Gasteiger partial charge in [-0.15, -0.1) is 16.4 Å². The van der Waals surface area contributed by atoms with Crippen LogP contribution in [-0.2, 0) is 22.7 Å². The van der Waals surface area contributed by atoms with E-state index in [2.05, 4.69) is 20.6 Å². The Kier molecular flexibility index (Phi) is 7.02. The van der Waals surface area contributed by atoms with Gasteiger partial charge in [-0.1, -0.05) is 36.4 Å². The summed E-state index contributed by atoms with van der Waals surface area (Å²) in [5, 5.41) is 13.4. The molecule has 34 heavy (non-hydrogen) atoms. The molecule has 0 aliphatic rings. The summed E-state index contributed by atoms with van der Waals surface area (Å²) < 4.78 is 1.58. The number of benzene rings is 1. The van der Waals surface area contributed by atoms with E-state index in [1.165, 1.54) is 0 Å². The van der Waals surface area contributed by atoms with Crippen molar-refractivity contribution in [3.8, 4) is 0 Å². The van der Waals surface area contributed by atoms with Gasteiger partial charge in [-0.3, -0.25) is 14.6 Å². The Hall–Kier alpha value is -3.59. The number of rotatable bonds is 9. The molecule has 0 radical (unpaired) electrons. The van der Waals surface area contributed by atoms with Crippen LogP contribution in [0.25, 0.3) is 11.0 Å². The van der Waals surface area contributed by atoms with Crippen LogP contribution in [-0.4, -0.2) is 42.2 Å². The molecule has 0 saturated heterocycles. The molecule has 8 nitrogen and oxygen atoms in total. The fraction of sp³-hybridized carbons (Fsp3) is 0.320. The molecule has 0 spiro atoms. The van der Waals surface area contributed by atoms with Gasteiger partial charge in [-0.25, -0.2) is 4.68 Å². The number of pyridine rings is 1. The van der Waals surface area contributed by atoms with Crippen LogP contribution in [0, 0.1) is 0 Å². The van der Waals surface area contributed by atoms with Crippen molar-refractivity contribution in [1.82, 2.24) is 30.2 Å². The third-order valence-corrected chi connectivity index (χ3v) is 6.70. The third kappa shape index (κ3) is 5.31. The van der Waals surface area contributed by atoms with Gasteiger partial charge < -0.3 is 10.2 Å². The first kappa shape index (κ1) is 23.6. The molecule has 1 atom stereocenters. The van der Waals surface area contributed by atoms with Crippen LogP contribution in [0.15, 0.2) is 66.3 Å². The number of carbonyl (C=O) groups is 2. The second kappa shape index (κ2) is 10.1. The van der Waals surface area contributed by atoms with Crippen molar-refractivity contribution in [2.45, 2.75) is 51.9 Å². The Morgan fingerprint density at radius 3 is 2.68 bits per heavy atom. The van der Waals surface area contributed by atoms with Crippen LogP contribution in [0.1, 0.15) is 43.7 Å². The van der Waals surface area contributed by atoms with Crippen LogP contribution in [0.4, 0.5) is 0 Å². The lowest BCUT2D eigenvalue weighted by Crippen LogP contribution is -2.50. The minimum absolute atomic E-state index is 0.0346. The SMILES string of the molecule is CCC(C)(C)NC(=O)C(c1cccnc1)N(Cc1cccs1)C(=O)Cn1nnc2ccccc21. The van der Waals surface area contributed by atoms with Crippen molar-refractivity contribution < 1.29 is 9.59 Å². The Morgan fingerprint density at radius 2 is 1.97 bits per heavy atom. The number of aromatic nitrogens is 4. The summed E-state index contributed by atoms with van der Waals surface area (Å²) in [6.07, 6.45) is 4.05. The van der Waals surface area contributed by atoms with Crippen molar-refractivity contribution in [2.75, 3.05) is 0 Å². The zero-order valence-electron chi connectivity index (χ0n) is 19.5. The van der Waals surface area contributed by atoms with E-state index in [1.54, 1.807) is 39.4 Å². The van der Waals surface area contributed by atoms with Gasteiger partial charge in [-0.05, 0) is 49.9 Å². The predicted octanol–water partition coefficient (Wildman–Crippen LogP) is 3.96. The molecule has 176 valence electrons. The Balaban J connectivity index is 1.72. The molecule has 9 heteroatoms. The first-order chi connectivity index (χ1) is 16.4. The van der Waals surface area contributed by atoms with Crippen LogP contribution in [0.3, 0.4) is 0 Å². The van der Waals surface area contributed by atoms with Crippen molar-refractivity contribution in [3.63, 3.8) is 0 Å². The number of thiophene rings is 1. The van der Waals surface area contributed by atoms with E-state index >= 15 is 0 Å². The Bertz CT molecular complexity index is 1250. The number of hydrogen-bond acceptors (Lipinski definition) is 6. The quantitative estimate of drug-likeness (QED) is 0.395. The van der Waals surface area contributed by atoms with E-state index in [-0.39, 0.29) is 18.4 Å². The van der Waals surface area contributed by atoms with Gasteiger partial charge in [0.1, 0.15) is 18.1 Å². The van der Waals surface area contributed by atoms with Crippen molar-refractivity contribution in [3.05, 3.63) is 76.7 Å². The van der Waals surface area contributed by atoms with Crippen LogP contribution < -0.4 is 5.32 Å². The first-order valence-corrected chi connectivity index (χ1v) is 12.1. The highest BCUT2D eigenvalue weighted by molar-refractivity contribution is 7.09. The Morgan fingerprint density at radius 1 is 1.15 bits per heavy atom. The summed E-state index contributed by atoms with van der Waals surface area (Å²) in [5.41, 5.74) is 1.71. The summed E-state index contributed by atoms with van der Waals surface area (Å²) in [5.74, 6) is -0.476. The highest BCUT2D eigenvalue weighted by Gasteiger charge is 2.34. The molecule has 0 fully saturated rings. The summed E-state index contributed by atoms with van der Waals surface area (Å²) in [4.78, 5) is 34.2. The molecular weight excluding hydrogens is 448 g/mol. The molecule has 0 saturated carbocycles. The molecule has 1 unspecified atom stereocenters. The van der Waals surface area contributed by atoms with Gasteiger partial charge in [0.2, 0.25) is 11.8 Å². The molecule has 0 bridgehead atoms. The van der Waals surface area contributed by atoms with Gasteiger partial charge in [-0.2, -0.15) is 0 Å². The van der Waals surface area contributed by atoms with E-state index in [1.807, 2.05) is 68.6 Å². The molecule has 4 aromatic rings. The number of nitrogens with zero attached hydrogens (tertiary/aromatic N) is 5. The molecule has 1 aromatic carbocycles. The van der Waals surface area contributed by atoms with Crippen LogP contribution in [0.2, 0.25) is 0 Å². The lowest BCUT2D eigenvalue weighted by atomic mass is 9.99. The maximum atomic E-state index is 13.8. The molecular formula is C25H28N6O2S. The standard InChI is InChI=1S/C25H28N6O2S/c1-4-25(2,3)27-24(33)23(18-9-7-13-26-15-18)30(16-19-10-8-14-34-19)22(32)17-31-21-12-6-5-11-20(21)28-29-31/h5-15,23H,4,16-17H2,1-3H3,(H,27,33). The topological polar surface area (TPSA) is 93.0 Å². The van der Waals surface area contributed by atoms with Crippen LogP contribution >= 0.6 is 11.3 Å². The number of amides is 2.